The number of carbonyl (C=O) groups excluding carboxylic acids is 1. The largest absolute Gasteiger partial charge is 0.484 e. The highest BCUT2D eigenvalue weighted by Gasteiger charge is 2.13. The smallest absolute Gasteiger partial charge is 0.336 e. The predicted molar refractivity (Wildman–Crippen MR) is 102 cm³/mol. The molecule has 0 spiro atoms. The van der Waals surface area contributed by atoms with Crippen molar-refractivity contribution in [2.75, 3.05) is 11.9 Å². The zero-order valence-electron chi connectivity index (χ0n) is 15.0. The number of anilines is 1. The number of rotatable bonds is 4. The van der Waals surface area contributed by atoms with Crippen molar-refractivity contribution in [2.24, 2.45) is 0 Å². The Morgan fingerprint density at radius 3 is 2.46 bits per heavy atom. The molecule has 5 heteroatoms. The van der Waals surface area contributed by atoms with Crippen LogP contribution in [0.3, 0.4) is 0 Å². The second-order valence-corrected chi connectivity index (χ2v) is 7.12. The third-order valence-corrected chi connectivity index (χ3v) is 3.99. The van der Waals surface area contributed by atoms with Crippen molar-refractivity contribution in [2.45, 2.75) is 26.2 Å². The van der Waals surface area contributed by atoms with E-state index in [1.54, 1.807) is 24.3 Å². The van der Waals surface area contributed by atoms with E-state index in [-0.39, 0.29) is 17.9 Å². The van der Waals surface area contributed by atoms with Gasteiger partial charge in [-0.2, -0.15) is 0 Å². The quantitative estimate of drug-likeness (QED) is 0.718. The van der Waals surface area contributed by atoms with Gasteiger partial charge in [0.1, 0.15) is 11.3 Å². The number of hydrogen-bond acceptors (Lipinski definition) is 4. The minimum absolute atomic E-state index is 0.0745. The van der Waals surface area contributed by atoms with Crippen LogP contribution in [0.1, 0.15) is 26.3 Å². The molecule has 1 heterocycles. The third-order valence-electron chi connectivity index (χ3n) is 3.99. The minimum atomic E-state index is -0.403. The standard InChI is InChI=1S/C21H21NO4/c1-21(2,3)15-5-8-17(9-6-15)25-13-19(23)22-16-7-10-18-14(12-16)4-11-20(24)26-18/h4-12H,13H2,1-3H3,(H,22,23). The van der Waals surface area contributed by atoms with E-state index in [2.05, 4.69) is 26.1 Å². The van der Waals surface area contributed by atoms with Crippen LogP contribution >= 0.6 is 0 Å². The summed E-state index contributed by atoms with van der Waals surface area (Å²) in [6.07, 6.45) is 0. The lowest BCUT2D eigenvalue weighted by Gasteiger charge is -2.19. The van der Waals surface area contributed by atoms with E-state index in [1.165, 1.54) is 11.6 Å². The Labute approximate surface area is 151 Å². The van der Waals surface area contributed by atoms with Crippen molar-refractivity contribution >= 4 is 22.6 Å². The molecule has 1 N–H and O–H groups in total. The van der Waals surface area contributed by atoms with Gasteiger partial charge in [-0.15, -0.1) is 0 Å². The van der Waals surface area contributed by atoms with Gasteiger partial charge in [0.25, 0.3) is 5.91 Å². The number of amides is 1. The average Bonchev–Trinajstić information content (AvgIpc) is 2.60. The topological polar surface area (TPSA) is 68.5 Å². The Bertz CT molecular complexity index is 981. The molecule has 0 radical (unpaired) electrons. The van der Waals surface area contributed by atoms with Gasteiger partial charge in [-0.3, -0.25) is 4.79 Å². The molecular formula is C21H21NO4. The number of ether oxygens (including phenoxy) is 1. The molecular weight excluding hydrogens is 330 g/mol. The fraction of sp³-hybridized carbons (Fsp3) is 0.238. The summed E-state index contributed by atoms with van der Waals surface area (Å²) < 4.78 is 10.6. The fourth-order valence-electron chi connectivity index (χ4n) is 2.55. The molecule has 1 amide bonds. The molecule has 0 atom stereocenters. The molecule has 0 aliphatic rings. The third kappa shape index (κ3) is 4.30. The normalized spacial score (nSPS) is 11.3. The summed E-state index contributed by atoms with van der Waals surface area (Å²) in [5, 5.41) is 3.51. The van der Waals surface area contributed by atoms with E-state index in [0.717, 1.165) is 5.39 Å². The van der Waals surface area contributed by atoms with Crippen molar-refractivity contribution < 1.29 is 13.9 Å². The second kappa shape index (κ2) is 7.04. The van der Waals surface area contributed by atoms with Crippen molar-refractivity contribution in [1.29, 1.82) is 0 Å². The van der Waals surface area contributed by atoms with Gasteiger partial charge in [0.15, 0.2) is 6.61 Å². The fourth-order valence-corrected chi connectivity index (χ4v) is 2.55. The van der Waals surface area contributed by atoms with Gasteiger partial charge in [-0.05, 0) is 47.4 Å². The van der Waals surface area contributed by atoms with E-state index < -0.39 is 5.63 Å². The monoisotopic (exact) mass is 351 g/mol. The molecule has 0 saturated carbocycles. The van der Waals surface area contributed by atoms with E-state index in [4.69, 9.17) is 9.15 Å². The highest BCUT2D eigenvalue weighted by atomic mass is 16.5. The maximum absolute atomic E-state index is 12.1. The Morgan fingerprint density at radius 2 is 1.77 bits per heavy atom. The molecule has 3 aromatic rings. The molecule has 2 aromatic carbocycles. The van der Waals surface area contributed by atoms with Gasteiger partial charge in [-0.1, -0.05) is 32.9 Å². The van der Waals surface area contributed by atoms with Gasteiger partial charge in [-0.25, -0.2) is 4.79 Å². The summed E-state index contributed by atoms with van der Waals surface area (Å²) in [6.45, 7) is 6.35. The van der Waals surface area contributed by atoms with E-state index in [0.29, 0.717) is 17.0 Å². The first-order chi connectivity index (χ1) is 12.3. The van der Waals surface area contributed by atoms with Crippen LogP contribution in [-0.4, -0.2) is 12.5 Å². The molecule has 3 rings (SSSR count). The van der Waals surface area contributed by atoms with Crippen molar-refractivity contribution in [1.82, 2.24) is 0 Å². The minimum Gasteiger partial charge on any atom is -0.484 e. The Hall–Kier alpha value is -3.08. The van der Waals surface area contributed by atoms with Gasteiger partial charge in [0.05, 0.1) is 0 Å². The molecule has 0 unspecified atom stereocenters. The first-order valence-electron chi connectivity index (χ1n) is 8.38. The molecule has 26 heavy (non-hydrogen) atoms. The number of carbonyl (C=O) groups is 1. The Balaban J connectivity index is 1.60. The molecule has 0 saturated heterocycles. The molecule has 0 bridgehead atoms. The van der Waals surface area contributed by atoms with Crippen LogP contribution in [0.15, 0.2) is 63.8 Å². The SMILES string of the molecule is CC(C)(C)c1ccc(OCC(=O)Nc2ccc3oc(=O)ccc3c2)cc1. The summed E-state index contributed by atoms with van der Waals surface area (Å²) >= 11 is 0. The van der Waals surface area contributed by atoms with Gasteiger partial charge < -0.3 is 14.5 Å². The van der Waals surface area contributed by atoms with Crippen molar-refractivity contribution in [3.8, 4) is 5.75 Å². The van der Waals surface area contributed by atoms with Gasteiger partial charge in [0, 0.05) is 17.1 Å². The van der Waals surface area contributed by atoms with E-state index in [9.17, 15) is 9.59 Å². The van der Waals surface area contributed by atoms with E-state index >= 15 is 0 Å². The maximum atomic E-state index is 12.1. The molecule has 0 aliphatic carbocycles. The molecule has 134 valence electrons. The lowest BCUT2D eigenvalue weighted by molar-refractivity contribution is -0.118. The summed E-state index contributed by atoms with van der Waals surface area (Å²) in [6, 6.07) is 15.8. The second-order valence-electron chi connectivity index (χ2n) is 7.12. The van der Waals surface area contributed by atoms with Gasteiger partial charge >= 0.3 is 5.63 Å². The first kappa shape index (κ1) is 17.7. The number of benzene rings is 2. The van der Waals surface area contributed by atoms with Crippen LogP contribution in [0, 0.1) is 0 Å². The van der Waals surface area contributed by atoms with Crippen LogP contribution < -0.4 is 15.7 Å². The van der Waals surface area contributed by atoms with Crippen molar-refractivity contribution in [3.63, 3.8) is 0 Å². The van der Waals surface area contributed by atoms with Crippen LogP contribution in [0.5, 0.6) is 5.75 Å². The lowest BCUT2D eigenvalue weighted by atomic mass is 9.87. The Kier molecular flexibility index (Phi) is 4.80. The van der Waals surface area contributed by atoms with Crippen LogP contribution in [-0.2, 0) is 10.2 Å². The van der Waals surface area contributed by atoms with E-state index in [1.807, 2.05) is 24.3 Å². The summed E-state index contributed by atoms with van der Waals surface area (Å²) in [5.74, 6) is 0.384. The zero-order chi connectivity index (χ0) is 18.7. The highest BCUT2D eigenvalue weighted by molar-refractivity contribution is 5.94. The van der Waals surface area contributed by atoms with Crippen LogP contribution in [0.4, 0.5) is 5.69 Å². The first-order valence-corrected chi connectivity index (χ1v) is 8.38. The zero-order valence-corrected chi connectivity index (χ0v) is 15.0. The predicted octanol–water partition coefficient (Wildman–Crippen LogP) is 4.11. The summed E-state index contributed by atoms with van der Waals surface area (Å²) in [4.78, 5) is 23.3. The molecule has 5 nitrogen and oxygen atoms in total. The summed E-state index contributed by atoms with van der Waals surface area (Å²) in [5.41, 5.74) is 1.97. The highest BCUT2D eigenvalue weighted by Crippen LogP contribution is 2.24. The van der Waals surface area contributed by atoms with Crippen LogP contribution in [0.2, 0.25) is 0 Å². The maximum Gasteiger partial charge on any atom is 0.336 e. The molecule has 0 fully saturated rings. The number of hydrogen-bond donors (Lipinski definition) is 1. The lowest BCUT2D eigenvalue weighted by Crippen LogP contribution is -2.20. The van der Waals surface area contributed by atoms with Gasteiger partial charge in [0.2, 0.25) is 0 Å². The van der Waals surface area contributed by atoms with Crippen LogP contribution in [0.25, 0.3) is 11.0 Å². The molecule has 1 aromatic heterocycles. The summed E-state index contributed by atoms with van der Waals surface area (Å²) in [7, 11) is 0. The Morgan fingerprint density at radius 1 is 1.04 bits per heavy atom. The average molecular weight is 351 g/mol. The number of fused-ring (bicyclic) bond motifs is 1. The number of nitrogens with one attached hydrogen (secondary N) is 1. The van der Waals surface area contributed by atoms with Crippen molar-refractivity contribution in [3.05, 3.63) is 70.6 Å². The molecule has 0 aliphatic heterocycles.